The summed E-state index contributed by atoms with van der Waals surface area (Å²) in [5, 5.41) is 6.37. The molecular formula is C27H24ClN5O2. The van der Waals surface area contributed by atoms with Gasteiger partial charge in [-0.25, -0.2) is 14.8 Å². The lowest BCUT2D eigenvalue weighted by atomic mass is 10.1. The number of hydrogen-bond donors (Lipinski definition) is 2. The van der Waals surface area contributed by atoms with Gasteiger partial charge in [0, 0.05) is 46.8 Å². The molecule has 1 aromatic heterocycles. The molecule has 8 heteroatoms. The van der Waals surface area contributed by atoms with Crippen molar-refractivity contribution < 1.29 is 9.53 Å². The Bertz CT molecular complexity index is 1310. The molecule has 1 fully saturated rings. The van der Waals surface area contributed by atoms with Gasteiger partial charge in [-0.3, -0.25) is 0 Å². The van der Waals surface area contributed by atoms with Crippen molar-refractivity contribution in [2.45, 2.75) is 0 Å². The highest BCUT2D eigenvalue weighted by Crippen LogP contribution is 2.30. The molecule has 0 spiro atoms. The second kappa shape index (κ2) is 10.5. The Labute approximate surface area is 208 Å². The van der Waals surface area contributed by atoms with Gasteiger partial charge in [0.15, 0.2) is 0 Å². The van der Waals surface area contributed by atoms with Crippen LogP contribution in [0.25, 0.3) is 22.4 Å². The highest BCUT2D eigenvalue weighted by Gasteiger charge is 2.14. The van der Waals surface area contributed by atoms with Crippen molar-refractivity contribution in [2.75, 3.05) is 41.8 Å². The fourth-order valence-corrected chi connectivity index (χ4v) is 4.11. The third kappa shape index (κ3) is 5.59. The second-order valence-electron chi connectivity index (χ2n) is 8.06. The summed E-state index contributed by atoms with van der Waals surface area (Å²) in [6.45, 7) is 2.92. The van der Waals surface area contributed by atoms with Crippen molar-refractivity contribution in [1.82, 2.24) is 9.97 Å². The Kier molecular flexibility index (Phi) is 6.88. The molecule has 0 atom stereocenters. The van der Waals surface area contributed by atoms with Gasteiger partial charge < -0.3 is 20.3 Å². The molecule has 2 heterocycles. The molecule has 0 aliphatic carbocycles. The quantitative estimate of drug-likeness (QED) is 0.365. The molecule has 35 heavy (non-hydrogen) atoms. The summed E-state index contributed by atoms with van der Waals surface area (Å²) in [6.07, 6.45) is 1.77. The molecule has 0 unspecified atom stereocenters. The smallest absolute Gasteiger partial charge is 0.323 e. The Morgan fingerprint density at radius 1 is 0.857 bits per heavy atom. The predicted molar refractivity (Wildman–Crippen MR) is 140 cm³/mol. The zero-order chi connectivity index (χ0) is 24.0. The van der Waals surface area contributed by atoms with Crippen molar-refractivity contribution in [1.29, 1.82) is 0 Å². The molecule has 176 valence electrons. The number of benzene rings is 3. The van der Waals surface area contributed by atoms with Crippen LogP contribution in [0.4, 0.5) is 22.1 Å². The lowest BCUT2D eigenvalue weighted by Gasteiger charge is -2.26. The van der Waals surface area contributed by atoms with Crippen LogP contribution in [0.15, 0.2) is 85.1 Å². The van der Waals surface area contributed by atoms with Crippen LogP contribution in [0.5, 0.6) is 0 Å². The van der Waals surface area contributed by atoms with Crippen LogP contribution >= 0.6 is 11.6 Å². The summed E-state index contributed by atoms with van der Waals surface area (Å²) < 4.78 is 5.41. The molecule has 0 radical (unpaired) electrons. The SMILES string of the molecule is O=C(Nc1ccc(-c2ccnc(N3CCOCC3)n2)cc1)Nc1ccc(Cl)c(-c2ccccc2)c1. The molecule has 1 aliphatic heterocycles. The van der Waals surface area contributed by atoms with E-state index < -0.39 is 0 Å². The minimum Gasteiger partial charge on any atom is -0.378 e. The van der Waals surface area contributed by atoms with Crippen molar-refractivity contribution in [3.8, 4) is 22.4 Å². The number of urea groups is 1. The normalized spacial score (nSPS) is 13.3. The van der Waals surface area contributed by atoms with Crippen molar-refractivity contribution >= 4 is 35.0 Å². The maximum absolute atomic E-state index is 12.6. The summed E-state index contributed by atoms with van der Waals surface area (Å²) in [5.74, 6) is 0.699. The van der Waals surface area contributed by atoms with Gasteiger partial charge in [0.25, 0.3) is 0 Å². The molecule has 1 aliphatic rings. The van der Waals surface area contributed by atoms with Crippen molar-refractivity contribution in [2.24, 2.45) is 0 Å². The maximum Gasteiger partial charge on any atom is 0.323 e. The Morgan fingerprint density at radius 2 is 1.57 bits per heavy atom. The fraction of sp³-hybridized carbons (Fsp3) is 0.148. The number of carbonyl (C=O) groups excluding carboxylic acids is 1. The number of ether oxygens (including phenoxy) is 1. The lowest BCUT2D eigenvalue weighted by molar-refractivity contribution is 0.122. The van der Waals surface area contributed by atoms with Crippen LogP contribution in [0.3, 0.4) is 0 Å². The first-order valence-electron chi connectivity index (χ1n) is 11.3. The van der Waals surface area contributed by atoms with E-state index in [4.69, 9.17) is 21.3 Å². The molecule has 3 aromatic carbocycles. The van der Waals surface area contributed by atoms with Gasteiger partial charge in [-0.15, -0.1) is 0 Å². The van der Waals surface area contributed by atoms with Gasteiger partial charge in [0.1, 0.15) is 0 Å². The number of nitrogens with one attached hydrogen (secondary N) is 2. The van der Waals surface area contributed by atoms with E-state index in [0.29, 0.717) is 35.6 Å². The third-order valence-corrected chi connectivity index (χ3v) is 6.01. The zero-order valence-corrected chi connectivity index (χ0v) is 19.7. The molecule has 4 aromatic rings. The van der Waals surface area contributed by atoms with Crippen LogP contribution in [0.1, 0.15) is 0 Å². The number of rotatable bonds is 5. The average Bonchev–Trinajstić information content (AvgIpc) is 2.91. The van der Waals surface area contributed by atoms with Crippen LogP contribution in [0.2, 0.25) is 5.02 Å². The van der Waals surface area contributed by atoms with Gasteiger partial charge in [-0.1, -0.05) is 54.1 Å². The fourth-order valence-electron chi connectivity index (χ4n) is 3.88. The van der Waals surface area contributed by atoms with E-state index >= 15 is 0 Å². The second-order valence-corrected chi connectivity index (χ2v) is 8.47. The molecule has 7 nitrogen and oxygen atoms in total. The monoisotopic (exact) mass is 485 g/mol. The van der Waals surface area contributed by atoms with Crippen LogP contribution in [-0.2, 0) is 4.74 Å². The number of hydrogen-bond acceptors (Lipinski definition) is 5. The van der Waals surface area contributed by atoms with E-state index in [1.54, 1.807) is 18.3 Å². The maximum atomic E-state index is 12.6. The topological polar surface area (TPSA) is 79.4 Å². The first-order chi connectivity index (χ1) is 17.2. The Hall–Kier alpha value is -3.94. The van der Waals surface area contributed by atoms with Gasteiger partial charge in [0.05, 0.1) is 18.9 Å². The van der Waals surface area contributed by atoms with E-state index in [2.05, 4.69) is 20.5 Å². The number of carbonyl (C=O) groups is 1. The number of anilines is 3. The van der Waals surface area contributed by atoms with Crippen LogP contribution in [-0.4, -0.2) is 42.3 Å². The lowest BCUT2D eigenvalue weighted by Crippen LogP contribution is -2.37. The van der Waals surface area contributed by atoms with E-state index in [1.807, 2.05) is 66.7 Å². The van der Waals surface area contributed by atoms with E-state index in [1.165, 1.54) is 0 Å². The number of nitrogens with zero attached hydrogens (tertiary/aromatic N) is 3. The standard InChI is InChI=1S/C27H24ClN5O2/c28-24-11-10-22(18-23(24)19-4-2-1-3-5-19)31-27(34)30-21-8-6-20(7-9-21)25-12-13-29-26(32-25)33-14-16-35-17-15-33/h1-13,18H,14-17H2,(H2,30,31,34). The number of morpholine rings is 1. The summed E-state index contributed by atoms with van der Waals surface area (Å²) in [7, 11) is 0. The predicted octanol–water partition coefficient (Wildman–Crippen LogP) is 5.94. The minimum absolute atomic E-state index is 0.337. The molecule has 0 saturated carbocycles. The summed E-state index contributed by atoms with van der Waals surface area (Å²) in [4.78, 5) is 23.8. The highest BCUT2D eigenvalue weighted by molar-refractivity contribution is 6.33. The van der Waals surface area contributed by atoms with Crippen LogP contribution in [0, 0.1) is 0 Å². The Balaban J connectivity index is 1.24. The summed E-state index contributed by atoms with van der Waals surface area (Å²) in [5.41, 5.74) is 4.93. The summed E-state index contributed by atoms with van der Waals surface area (Å²) >= 11 is 6.37. The van der Waals surface area contributed by atoms with Crippen LogP contribution < -0.4 is 15.5 Å². The molecule has 0 bridgehead atoms. The number of aromatic nitrogens is 2. The van der Waals surface area contributed by atoms with Crippen molar-refractivity contribution in [3.05, 3.63) is 90.1 Å². The summed E-state index contributed by atoms with van der Waals surface area (Å²) in [6, 6.07) is 24.3. The van der Waals surface area contributed by atoms with E-state index in [9.17, 15) is 4.79 Å². The molecule has 2 amide bonds. The number of halogens is 1. The van der Waals surface area contributed by atoms with Gasteiger partial charge in [-0.05, 0) is 42.0 Å². The van der Waals surface area contributed by atoms with Crippen molar-refractivity contribution in [3.63, 3.8) is 0 Å². The largest absolute Gasteiger partial charge is 0.378 e. The third-order valence-electron chi connectivity index (χ3n) is 5.68. The highest BCUT2D eigenvalue weighted by atomic mass is 35.5. The first-order valence-corrected chi connectivity index (χ1v) is 11.7. The van der Waals surface area contributed by atoms with Gasteiger partial charge in [-0.2, -0.15) is 0 Å². The molecule has 2 N–H and O–H groups in total. The number of amides is 2. The van der Waals surface area contributed by atoms with E-state index in [0.717, 1.165) is 35.5 Å². The van der Waals surface area contributed by atoms with Gasteiger partial charge in [0.2, 0.25) is 5.95 Å². The van der Waals surface area contributed by atoms with Gasteiger partial charge >= 0.3 is 6.03 Å². The minimum atomic E-state index is -0.337. The Morgan fingerprint density at radius 3 is 2.34 bits per heavy atom. The zero-order valence-electron chi connectivity index (χ0n) is 18.9. The average molecular weight is 486 g/mol. The molecular weight excluding hydrogens is 462 g/mol. The van der Waals surface area contributed by atoms with E-state index in [-0.39, 0.29) is 6.03 Å². The first kappa shape index (κ1) is 22.8. The molecule has 1 saturated heterocycles. The molecule has 5 rings (SSSR count).